The Morgan fingerprint density at radius 3 is 1.38 bits per heavy atom. The number of benzene rings is 1. The summed E-state index contributed by atoms with van der Waals surface area (Å²) in [6.45, 7) is 14.6. The third kappa shape index (κ3) is 14.1. The van der Waals surface area contributed by atoms with Gasteiger partial charge in [-0.1, -0.05) is 157 Å². The van der Waals surface area contributed by atoms with Crippen LogP contribution < -0.4 is 0 Å². The van der Waals surface area contributed by atoms with Gasteiger partial charge in [-0.05, 0) is 33.9 Å². The molecule has 4 nitrogen and oxygen atoms in total. The minimum Gasteiger partial charge on any atom is -0.507 e. The second-order valence-electron chi connectivity index (χ2n) is 14.0. The summed E-state index contributed by atoms with van der Waals surface area (Å²) in [5.74, 6) is -1.11. The molecule has 0 heterocycles. The zero-order valence-electron chi connectivity index (χ0n) is 26.6. The number of hydrogen-bond donors (Lipinski definition) is 3. The number of rotatable bonds is 20. The van der Waals surface area contributed by atoms with Crippen LogP contribution >= 0.6 is 0 Å². The van der Waals surface area contributed by atoms with Crippen LogP contribution in [0.3, 0.4) is 0 Å². The number of hydrogen-bond acceptors (Lipinski definition) is 3. The van der Waals surface area contributed by atoms with Gasteiger partial charge in [0.15, 0.2) is 0 Å². The fourth-order valence-corrected chi connectivity index (χ4v) is 5.60. The molecule has 1 aromatic carbocycles. The maximum atomic E-state index is 11.8. The monoisotopic (exact) mass is 546 g/mol. The number of aliphatic carboxylic acids is 1. The van der Waals surface area contributed by atoms with Crippen molar-refractivity contribution in [2.45, 2.75) is 180 Å². The van der Waals surface area contributed by atoms with Crippen molar-refractivity contribution in [2.24, 2.45) is 0 Å². The lowest BCUT2D eigenvalue weighted by Gasteiger charge is -2.31. The van der Waals surface area contributed by atoms with Crippen molar-refractivity contribution in [1.29, 1.82) is 0 Å². The molecule has 226 valence electrons. The van der Waals surface area contributed by atoms with Gasteiger partial charge < -0.3 is 15.3 Å². The van der Waals surface area contributed by atoms with Crippen LogP contribution in [0.25, 0.3) is 0 Å². The van der Waals surface area contributed by atoms with E-state index in [1.165, 1.54) is 83.5 Å². The van der Waals surface area contributed by atoms with E-state index in [1.54, 1.807) is 0 Å². The molecule has 0 aliphatic carbocycles. The summed E-state index contributed by atoms with van der Waals surface area (Å²) in [4.78, 5) is 11.8. The summed E-state index contributed by atoms with van der Waals surface area (Å²) in [5, 5.41) is 31.9. The lowest BCUT2D eigenvalue weighted by molar-refractivity contribution is -0.138. The molecule has 1 rings (SSSR count). The van der Waals surface area contributed by atoms with Crippen LogP contribution in [0.4, 0.5) is 0 Å². The van der Waals surface area contributed by atoms with Crippen molar-refractivity contribution >= 4 is 5.97 Å². The predicted molar refractivity (Wildman–Crippen MR) is 166 cm³/mol. The van der Waals surface area contributed by atoms with E-state index in [4.69, 9.17) is 0 Å². The molecule has 0 radical (unpaired) electrons. The highest BCUT2D eigenvalue weighted by Crippen LogP contribution is 2.42. The highest BCUT2D eigenvalue weighted by molar-refractivity contribution is 5.68. The van der Waals surface area contributed by atoms with Gasteiger partial charge in [0.05, 0.1) is 12.5 Å². The molecule has 0 bridgehead atoms. The van der Waals surface area contributed by atoms with Crippen LogP contribution in [0.1, 0.15) is 180 Å². The van der Waals surface area contributed by atoms with E-state index in [9.17, 15) is 20.1 Å². The molecule has 4 heteroatoms. The Morgan fingerprint density at radius 2 is 1.05 bits per heavy atom. The molecule has 0 saturated carbocycles. The minimum absolute atomic E-state index is 0.113. The van der Waals surface area contributed by atoms with Crippen LogP contribution in [0.15, 0.2) is 12.1 Å². The fourth-order valence-electron chi connectivity index (χ4n) is 5.60. The van der Waals surface area contributed by atoms with Crippen molar-refractivity contribution in [2.75, 3.05) is 0 Å². The van der Waals surface area contributed by atoms with Crippen molar-refractivity contribution in [1.82, 2.24) is 0 Å². The number of aliphatic hydroxyl groups excluding tert-OH is 1. The van der Waals surface area contributed by atoms with Crippen molar-refractivity contribution < 1.29 is 20.1 Å². The molecular weight excluding hydrogens is 484 g/mol. The van der Waals surface area contributed by atoms with E-state index in [-0.39, 0.29) is 23.0 Å². The van der Waals surface area contributed by atoms with Gasteiger partial charge in [0, 0.05) is 5.92 Å². The van der Waals surface area contributed by atoms with Gasteiger partial charge in [-0.25, -0.2) is 0 Å². The van der Waals surface area contributed by atoms with Crippen LogP contribution in [0.5, 0.6) is 5.75 Å². The molecule has 0 saturated heterocycles. The molecule has 2 unspecified atom stereocenters. The molecule has 2 atom stereocenters. The van der Waals surface area contributed by atoms with Crippen molar-refractivity contribution in [3.8, 4) is 5.75 Å². The first-order valence-electron chi connectivity index (χ1n) is 16.1. The second-order valence-corrected chi connectivity index (χ2v) is 14.0. The van der Waals surface area contributed by atoms with Crippen LogP contribution in [0.2, 0.25) is 0 Å². The average molecular weight is 547 g/mol. The molecule has 1 aromatic rings. The smallest absolute Gasteiger partial charge is 0.304 e. The third-order valence-electron chi connectivity index (χ3n) is 8.14. The minimum atomic E-state index is -0.904. The highest BCUT2D eigenvalue weighted by atomic mass is 16.4. The second kappa shape index (κ2) is 18.0. The SMILES string of the molecule is CCCCCCCCCCCCCCCCCC(O)C(CC(=O)O)c1cc(C(C)(C)C)c(O)c(C(C)(C)C)c1. The molecular formula is C35H62O4. The first-order valence-corrected chi connectivity index (χ1v) is 16.1. The maximum Gasteiger partial charge on any atom is 0.304 e. The number of carboxylic acid groups (broad SMARTS) is 1. The molecule has 0 aliphatic heterocycles. The van der Waals surface area contributed by atoms with E-state index in [1.807, 2.05) is 12.1 Å². The Kier molecular flexibility index (Phi) is 16.4. The highest BCUT2D eigenvalue weighted by Gasteiger charge is 2.31. The van der Waals surface area contributed by atoms with Gasteiger partial charge in [-0.3, -0.25) is 4.79 Å². The lowest BCUT2D eigenvalue weighted by Crippen LogP contribution is -2.24. The first-order chi connectivity index (χ1) is 18.3. The number of aliphatic hydroxyl groups is 1. The van der Waals surface area contributed by atoms with E-state index in [0.29, 0.717) is 6.42 Å². The van der Waals surface area contributed by atoms with Gasteiger partial charge in [-0.2, -0.15) is 0 Å². The maximum absolute atomic E-state index is 11.8. The normalized spacial score (nSPS) is 13.9. The number of unbranched alkanes of at least 4 members (excludes halogenated alkanes) is 14. The van der Waals surface area contributed by atoms with Gasteiger partial charge >= 0.3 is 5.97 Å². The molecule has 0 fully saturated rings. The van der Waals surface area contributed by atoms with E-state index in [2.05, 4.69) is 48.5 Å². The summed E-state index contributed by atoms with van der Waals surface area (Å²) >= 11 is 0. The van der Waals surface area contributed by atoms with Crippen molar-refractivity contribution in [3.63, 3.8) is 0 Å². The number of carboxylic acids is 1. The van der Waals surface area contributed by atoms with Crippen molar-refractivity contribution in [3.05, 3.63) is 28.8 Å². The lowest BCUT2D eigenvalue weighted by atomic mass is 9.75. The Bertz CT molecular complexity index is 780. The van der Waals surface area contributed by atoms with Crippen LogP contribution in [0, 0.1) is 0 Å². The molecule has 0 aliphatic rings. The molecule has 3 N–H and O–H groups in total. The van der Waals surface area contributed by atoms with Gasteiger partial charge in [0.1, 0.15) is 5.75 Å². The summed E-state index contributed by atoms with van der Waals surface area (Å²) in [6.07, 6.45) is 19.2. The quantitative estimate of drug-likeness (QED) is 0.142. The van der Waals surface area contributed by atoms with Gasteiger partial charge in [0.2, 0.25) is 0 Å². The van der Waals surface area contributed by atoms with Crippen LogP contribution in [-0.2, 0) is 15.6 Å². The summed E-state index contributed by atoms with van der Waals surface area (Å²) < 4.78 is 0. The number of aromatic hydroxyl groups is 1. The largest absolute Gasteiger partial charge is 0.507 e. The molecule has 0 amide bonds. The Morgan fingerprint density at radius 1 is 0.692 bits per heavy atom. The number of phenolic OH excluding ortho intramolecular Hbond substituents is 1. The Hall–Kier alpha value is -1.55. The van der Waals surface area contributed by atoms with E-state index in [0.717, 1.165) is 29.5 Å². The summed E-state index contributed by atoms with van der Waals surface area (Å²) in [6, 6.07) is 3.85. The Labute approximate surface area is 241 Å². The predicted octanol–water partition coefficient (Wildman–Crippen LogP) is 10.2. The van der Waals surface area contributed by atoms with Crippen LogP contribution in [-0.4, -0.2) is 27.4 Å². The average Bonchev–Trinajstić information content (AvgIpc) is 2.83. The fraction of sp³-hybridized carbons (Fsp3) is 0.800. The van der Waals surface area contributed by atoms with Gasteiger partial charge in [-0.15, -0.1) is 0 Å². The van der Waals surface area contributed by atoms with E-state index < -0.39 is 18.0 Å². The number of carbonyl (C=O) groups is 1. The number of phenols is 1. The summed E-state index contributed by atoms with van der Waals surface area (Å²) in [5.41, 5.74) is 1.83. The Balaban J connectivity index is 2.55. The summed E-state index contributed by atoms with van der Waals surface area (Å²) in [7, 11) is 0. The first kappa shape index (κ1) is 35.5. The standard InChI is InChI=1S/C35H62O4/c1-8-9-10-11-12-13-14-15-16-17-18-19-20-21-22-23-31(36)28(26-32(37)38)27-24-29(34(2,3)4)33(39)30(25-27)35(5,6)7/h24-25,28,31,36,39H,8-23,26H2,1-7H3,(H,37,38). The third-order valence-corrected chi connectivity index (χ3v) is 8.14. The topological polar surface area (TPSA) is 77.8 Å². The molecule has 0 spiro atoms. The zero-order valence-corrected chi connectivity index (χ0v) is 26.6. The van der Waals surface area contributed by atoms with E-state index >= 15 is 0 Å². The van der Waals surface area contributed by atoms with Gasteiger partial charge in [0.25, 0.3) is 0 Å². The molecule has 0 aromatic heterocycles. The molecule has 39 heavy (non-hydrogen) atoms. The zero-order chi connectivity index (χ0) is 29.5.